The first-order valence-corrected chi connectivity index (χ1v) is 12.9. The second-order valence-electron chi connectivity index (χ2n) is 8.54. The molecule has 0 bridgehead atoms. The molecular weight excluding hydrogens is 448 g/mol. The van der Waals surface area contributed by atoms with Crippen LogP contribution in [0.4, 0.5) is 0 Å². The predicted molar refractivity (Wildman–Crippen MR) is 121 cm³/mol. The van der Waals surface area contributed by atoms with Crippen molar-refractivity contribution in [2.75, 3.05) is 79.2 Å². The van der Waals surface area contributed by atoms with Crippen LogP contribution >= 0.6 is 0 Å². The number of likely N-dealkylation sites (tertiary alicyclic amines) is 1. The van der Waals surface area contributed by atoms with Crippen LogP contribution in [0.15, 0.2) is 23.1 Å². The van der Waals surface area contributed by atoms with Crippen LogP contribution in [0, 0.1) is 0 Å². The smallest absolute Gasteiger partial charge is 0.253 e. The SMILES string of the molecule is COc1ccc(C(=O)N2CCN(CC(=O)N3CCCC3)CC2)cc1S(=O)(=O)N1CCOCC1. The van der Waals surface area contributed by atoms with Crippen molar-refractivity contribution in [2.45, 2.75) is 17.7 Å². The molecule has 0 spiro atoms. The molecule has 0 saturated carbocycles. The summed E-state index contributed by atoms with van der Waals surface area (Å²) in [7, 11) is -2.40. The zero-order valence-corrected chi connectivity index (χ0v) is 19.9. The third kappa shape index (κ3) is 5.32. The van der Waals surface area contributed by atoms with Crippen molar-refractivity contribution in [2.24, 2.45) is 0 Å². The van der Waals surface area contributed by atoms with E-state index in [2.05, 4.69) is 4.90 Å². The van der Waals surface area contributed by atoms with Crippen molar-refractivity contribution in [3.8, 4) is 5.75 Å². The molecule has 0 unspecified atom stereocenters. The summed E-state index contributed by atoms with van der Waals surface area (Å²) in [6.45, 7) is 5.47. The molecule has 0 radical (unpaired) electrons. The van der Waals surface area contributed by atoms with Gasteiger partial charge in [0.05, 0.1) is 26.9 Å². The number of ether oxygens (including phenoxy) is 2. The number of hydrogen-bond acceptors (Lipinski definition) is 7. The van der Waals surface area contributed by atoms with Crippen LogP contribution in [0.1, 0.15) is 23.2 Å². The summed E-state index contributed by atoms with van der Waals surface area (Å²) in [5.74, 6) is 0.144. The Balaban J connectivity index is 1.42. The fourth-order valence-electron chi connectivity index (χ4n) is 4.49. The molecule has 0 N–H and O–H groups in total. The normalized spacial score (nSPS) is 20.8. The number of benzene rings is 1. The molecule has 3 saturated heterocycles. The molecule has 3 fully saturated rings. The monoisotopic (exact) mass is 480 g/mol. The van der Waals surface area contributed by atoms with Crippen LogP contribution in [0.5, 0.6) is 5.75 Å². The highest BCUT2D eigenvalue weighted by Crippen LogP contribution is 2.29. The van der Waals surface area contributed by atoms with Gasteiger partial charge in [0, 0.05) is 57.9 Å². The van der Waals surface area contributed by atoms with Gasteiger partial charge in [0.15, 0.2) is 0 Å². The number of morpholine rings is 1. The number of carbonyl (C=O) groups is 2. The maximum absolute atomic E-state index is 13.2. The van der Waals surface area contributed by atoms with E-state index in [4.69, 9.17) is 9.47 Å². The topological polar surface area (TPSA) is 99.7 Å². The van der Waals surface area contributed by atoms with Gasteiger partial charge in [-0.15, -0.1) is 0 Å². The summed E-state index contributed by atoms with van der Waals surface area (Å²) < 4.78 is 38.3. The maximum Gasteiger partial charge on any atom is 0.253 e. The molecule has 4 rings (SSSR count). The number of nitrogens with zero attached hydrogens (tertiary/aromatic N) is 4. The van der Waals surface area contributed by atoms with Crippen LogP contribution in [-0.2, 0) is 19.6 Å². The van der Waals surface area contributed by atoms with Crippen molar-refractivity contribution < 1.29 is 27.5 Å². The van der Waals surface area contributed by atoms with Gasteiger partial charge in [0.2, 0.25) is 15.9 Å². The fraction of sp³-hybridized carbons (Fsp3) is 0.636. The lowest BCUT2D eigenvalue weighted by atomic mass is 10.1. The van der Waals surface area contributed by atoms with Gasteiger partial charge >= 0.3 is 0 Å². The van der Waals surface area contributed by atoms with Crippen LogP contribution in [-0.4, -0.2) is 118 Å². The van der Waals surface area contributed by atoms with E-state index < -0.39 is 10.0 Å². The molecule has 1 aromatic rings. The van der Waals surface area contributed by atoms with Crippen LogP contribution in [0.25, 0.3) is 0 Å². The first-order chi connectivity index (χ1) is 15.9. The molecule has 3 heterocycles. The zero-order valence-electron chi connectivity index (χ0n) is 19.1. The largest absolute Gasteiger partial charge is 0.495 e. The van der Waals surface area contributed by atoms with E-state index in [0.29, 0.717) is 51.5 Å². The maximum atomic E-state index is 13.2. The van der Waals surface area contributed by atoms with E-state index in [0.717, 1.165) is 25.9 Å². The lowest BCUT2D eigenvalue weighted by Crippen LogP contribution is -2.51. The summed E-state index contributed by atoms with van der Waals surface area (Å²) in [6.07, 6.45) is 2.14. The lowest BCUT2D eigenvalue weighted by Gasteiger charge is -2.35. The third-order valence-electron chi connectivity index (χ3n) is 6.48. The average molecular weight is 481 g/mol. The van der Waals surface area contributed by atoms with Gasteiger partial charge in [0.25, 0.3) is 5.91 Å². The Morgan fingerprint density at radius 1 is 0.939 bits per heavy atom. The van der Waals surface area contributed by atoms with E-state index in [9.17, 15) is 18.0 Å². The van der Waals surface area contributed by atoms with Gasteiger partial charge in [-0.05, 0) is 31.0 Å². The second-order valence-corrected chi connectivity index (χ2v) is 10.4. The Bertz CT molecular complexity index is 965. The Morgan fingerprint density at radius 3 is 2.24 bits per heavy atom. The first kappa shape index (κ1) is 23.9. The highest BCUT2D eigenvalue weighted by molar-refractivity contribution is 7.89. The van der Waals surface area contributed by atoms with E-state index in [1.165, 1.54) is 23.5 Å². The van der Waals surface area contributed by atoms with Crippen LogP contribution < -0.4 is 4.74 Å². The van der Waals surface area contributed by atoms with Gasteiger partial charge in [-0.1, -0.05) is 0 Å². The fourth-order valence-corrected chi connectivity index (χ4v) is 6.08. The van der Waals surface area contributed by atoms with Gasteiger partial charge in [0.1, 0.15) is 10.6 Å². The number of amides is 2. The van der Waals surface area contributed by atoms with Crippen molar-refractivity contribution in [1.82, 2.24) is 19.0 Å². The van der Waals surface area contributed by atoms with Crippen LogP contribution in [0.3, 0.4) is 0 Å². The number of methoxy groups -OCH3 is 1. The standard InChI is InChI=1S/C22H32N4O6S/c1-31-19-5-4-18(16-20(19)33(29,30)26-12-14-32-15-13-26)22(28)25-10-8-23(9-11-25)17-21(27)24-6-2-3-7-24/h4-5,16H,2-3,6-15,17H2,1H3. The number of rotatable bonds is 6. The average Bonchev–Trinajstić information content (AvgIpc) is 3.39. The Labute approximate surface area is 195 Å². The first-order valence-electron chi connectivity index (χ1n) is 11.5. The van der Waals surface area contributed by atoms with Gasteiger partial charge in [-0.25, -0.2) is 8.42 Å². The van der Waals surface area contributed by atoms with Gasteiger partial charge in [-0.3, -0.25) is 14.5 Å². The molecule has 2 amide bonds. The molecule has 11 heteroatoms. The number of sulfonamides is 1. The minimum absolute atomic E-state index is 0.00686. The highest BCUT2D eigenvalue weighted by atomic mass is 32.2. The summed E-state index contributed by atoms with van der Waals surface area (Å²) in [5, 5.41) is 0. The summed E-state index contributed by atoms with van der Waals surface area (Å²) in [5.41, 5.74) is 0.309. The molecular formula is C22H32N4O6S. The number of carbonyl (C=O) groups excluding carboxylic acids is 2. The second kappa shape index (κ2) is 10.4. The zero-order chi connectivity index (χ0) is 23.4. The molecule has 33 heavy (non-hydrogen) atoms. The Hall–Kier alpha value is -2.21. The van der Waals surface area contributed by atoms with E-state index >= 15 is 0 Å². The quantitative estimate of drug-likeness (QED) is 0.569. The minimum atomic E-state index is -3.81. The highest BCUT2D eigenvalue weighted by Gasteiger charge is 2.31. The van der Waals surface area contributed by atoms with Crippen molar-refractivity contribution in [3.05, 3.63) is 23.8 Å². The van der Waals surface area contributed by atoms with Crippen molar-refractivity contribution in [3.63, 3.8) is 0 Å². The van der Waals surface area contributed by atoms with Gasteiger partial charge in [-0.2, -0.15) is 4.31 Å². The third-order valence-corrected chi connectivity index (χ3v) is 8.40. The summed E-state index contributed by atoms with van der Waals surface area (Å²) in [4.78, 5) is 31.2. The van der Waals surface area contributed by atoms with Crippen LogP contribution in [0.2, 0.25) is 0 Å². The van der Waals surface area contributed by atoms with Crippen molar-refractivity contribution in [1.29, 1.82) is 0 Å². The predicted octanol–water partition coefficient (Wildman–Crippen LogP) is 0.0963. The molecule has 1 aromatic carbocycles. The van der Waals surface area contributed by atoms with E-state index in [1.807, 2.05) is 4.90 Å². The minimum Gasteiger partial charge on any atom is -0.495 e. The van der Waals surface area contributed by atoms with E-state index in [-0.39, 0.29) is 35.5 Å². The molecule has 10 nitrogen and oxygen atoms in total. The summed E-state index contributed by atoms with van der Waals surface area (Å²) in [6, 6.07) is 4.55. The van der Waals surface area contributed by atoms with Gasteiger partial charge < -0.3 is 19.3 Å². The number of piperazine rings is 1. The molecule has 3 aliphatic heterocycles. The van der Waals surface area contributed by atoms with Crippen molar-refractivity contribution >= 4 is 21.8 Å². The molecule has 0 aromatic heterocycles. The van der Waals surface area contributed by atoms with E-state index in [1.54, 1.807) is 11.0 Å². The lowest BCUT2D eigenvalue weighted by molar-refractivity contribution is -0.131. The Kier molecular flexibility index (Phi) is 7.52. The molecule has 182 valence electrons. The number of hydrogen-bond donors (Lipinski definition) is 0. The Morgan fingerprint density at radius 2 is 1.61 bits per heavy atom. The summed E-state index contributed by atoms with van der Waals surface area (Å²) >= 11 is 0. The molecule has 0 atom stereocenters. The molecule has 0 aliphatic carbocycles. The molecule has 3 aliphatic rings.